The summed E-state index contributed by atoms with van der Waals surface area (Å²) in [5, 5.41) is 10.9. The van der Waals surface area contributed by atoms with E-state index in [1.165, 1.54) is 4.21 Å². The first-order chi connectivity index (χ1) is 5.33. The van der Waals surface area contributed by atoms with E-state index in [2.05, 4.69) is 24.4 Å². The SMILES string of the molecule is C[C@@H](CC#N)Sc1cccs1. The average molecular weight is 183 g/mol. The molecule has 0 unspecified atom stereocenters. The molecule has 0 aromatic carbocycles. The Morgan fingerprint density at radius 1 is 1.82 bits per heavy atom. The molecule has 0 fully saturated rings. The van der Waals surface area contributed by atoms with Gasteiger partial charge in [0.05, 0.1) is 10.3 Å². The van der Waals surface area contributed by atoms with Crippen molar-refractivity contribution in [3.63, 3.8) is 0 Å². The third-order valence-electron chi connectivity index (χ3n) is 1.19. The number of rotatable bonds is 3. The molecule has 1 nitrogen and oxygen atoms in total. The van der Waals surface area contributed by atoms with Crippen molar-refractivity contribution in [3.05, 3.63) is 17.5 Å². The van der Waals surface area contributed by atoms with Gasteiger partial charge >= 0.3 is 0 Å². The molecule has 0 N–H and O–H groups in total. The summed E-state index contributed by atoms with van der Waals surface area (Å²) >= 11 is 3.50. The van der Waals surface area contributed by atoms with Gasteiger partial charge in [-0.25, -0.2) is 0 Å². The van der Waals surface area contributed by atoms with Crippen molar-refractivity contribution in [1.29, 1.82) is 5.26 Å². The number of hydrogen-bond donors (Lipinski definition) is 0. The summed E-state index contributed by atoms with van der Waals surface area (Å²) in [5.74, 6) is 0. The van der Waals surface area contributed by atoms with Gasteiger partial charge in [-0.1, -0.05) is 13.0 Å². The van der Waals surface area contributed by atoms with Crippen molar-refractivity contribution in [2.24, 2.45) is 0 Å². The van der Waals surface area contributed by atoms with E-state index < -0.39 is 0 Å². The second-order valence-corrected chi connectivity index (χ2v) is 4.91. The molecule has 1 aromatic heterocycles. The normalized spacial score (nSPS) is 12.4. The molecule has 3 heteroatoms. The van der Waals surface area contributed by atoms with Crippen LogP contribution in [0.4, 0.5) is 0 Å². The number of nitriles is 1. The van der Waals surface area contributed by atoms with Gasteiger partial charge in [-0.2, -0.15) is 5.26 Å². The molecule has 1 atom stereocenters. The van der Waals surface area contributed by atoms with Gasteiger partial charge in [0.1, 0.15) is 0 Å². The quantitative estimate of drug-likeness (QED) is 0.672. The zero-order chi connectivity index (χ0) is 8.10. The van der Waals surface area contributed by atoms with Crippen LogP contribution in [-0.2, 0) is 0 Å². The molecule has 0 spiro atoms. The smallest absolute Gasteiger partial charge is 0.0633 e. The molecule has 0 amide bonds. The maximum absolute atomic E-state index is 8.41. The molecule has 0 radical (unpaired) electrons. The third kappa shape index (κ3) is 2.96. The molecule has 11 heavy (non-hydrogen) atoms. The monoisotopic (exact) mass is 183 g/mol. The Kier molecular flexibility index (Phi) is 3.47. The first kappa shape index (κ1) is 8.63. The Morgan fingerprint density at radius 3 is 3.18 bits per heavy atom. The summed E-state index contributed by atoms with van der Waals surface area (Å²) < 4.78 is 1.30. The lowest BCUT2D eigenvalue weighted by atomic mass is 10.4. The van der Waals surface area contributed by atoms with Crippen LogP contribution in [0.5, 0.6) is 0 Å². The fourth-order valence-electron chi connectivity index (χ4n) is 0.699. The van der Waals surface area contributed by atoms with Crippen LogP contribution in [0.2, 0.25) is 0 Å². The molecule has 0 bridgehead atoms. The van der Waals surface area contributed by atoms with E-state index in [9.17, 15) is 0 Å². The minimum Gasteiger partial charge on any atom is -0.198 e. The molecule has 58 valence electrons. The van der Waals surface area contributed by atoms with Crippen LogP contribution < -0.4 is 0 Å². The standard InChI is InChI=1S/C8H9NS2/c1-7(4-5-9)11-8-3-2-6-10-8/h2-3,6-7H,4H2,1H3/t7-/m0/s1. The van der Waals surface area contributed by atoms with Crippen molar-refractivity contribution in [2.75, 3.05) is 0 Å². The molecule has 0 aliphatic heterocycles. The molecule has 1 rings (SSSR count). The molecule has 0 saturated carbocycles. The van der Waals surface area contributed by atoms with Gasteiger partial charge in [-0.3, -0.25) is 0 Å². The van der Waals surface area contributed by atoms with Gasteiger partial charge in [-0.05, 0) is 11.4 Å². The van der Waals surface area contributed by atoms with Crippen LogP contribution in [0.3, 0.4) is 0 Å². The third-order valence-corrected chi connectivity index (χ3v) is 3.37. The zero-order valence-electron chi connectivity index (χ0n) is 6.28. The Labute approximate surface area is 75.0 Å². The summed E-state index contributed by atoms with van der Waals surface area (Å²) in [7, 11) is 0. The van der Waals surface area contributed by atoms with Gasteiger partial charge in [0, 0.05) is 11.7 Å². The van der Waals surface area contributed by atoms with Gasteiger partial charge in [0.2, 0.25) is 0 Å². The number of thioether (sulfide) groups is 1. The van der Waals surface area contributed by atoms with Crippen LogP contribution in [-0.4, -0.2) is 5.25 Å². The van der Waals surface area contributed by atoms with Crippen LogP contribution in [0, 0.1) is 11.3 Å². The Morgan fingerprint density at radius 2 is 2.64 bits per heavy atom. The Balaban J connectivity index is 2.38. The van der Waals surface area contributed by atoms with Crippen LogP contribution in [0.15, 0.2) is 21.7 Å². The summed E-state index contributed by atoms with van der Waals surface area (Å²) in [5.41, 5.74) is 0. The van der Waals surface area contributed by atoms with Gasteiger partial charge in [-0.15, -0.1) is 23.1 Å². The van der Waals surface area contributed by atoms with Crippen molar-refractivity contribution in [1.82, 2.24) is 0 Å². The van der Waals surface area contributed by atoms with E-state index in [-0.39, 0.29) is 0 Å². The van der Waals surface area contributed by atoms with E-state index in [1.54, 1.807) is 23.1 Å². The maximum Gasteiger partial charge on any atom is 0.0633 e. The molecule has 0 saturated heterocycles. The van der Waals surface area contributed by atoms with E-state index in [1.807, 2.05) is 6.07 Å². The zero-order valence-corrected chi connectivity index (χ0v) is 7.91. The highest BCUT2D eigenvalue weighted by atomic mass is 32.2. The Bertz CT molecular complexity index is 235. The largest absolute Gasteiger partial charge is 0.198 e. The lowest BCUT2D eigenvalue weighted by molar-refractivity contribution is 0.992. The van der Waals surface area contributed by atoms with E-state index >= 15 is 0 Å². The number of hydrogen-bond acceptors (Lipinski definition) is 3. The van der Waals surface area contributed by atoms with Crippen molar-refractivity contribution in [3.8, 4) is 6.07 Å². The van der Waals surface area contributed by atoms with E-state index in [0.29, 0.717) is 11.7 Å². The summed E-state index contributed by atoms with van der Waals surface area (Å²) in [4.78, 5) is 0. The summed E-state index contributed by atoms with van der Waals surface area (Å²) in [6.45, 7) is 2.08. The second kappa shape index (κ2) is 4.42. The van der Waals surface area contributed by atoms with Crippen molar-refractivity contribution in [2.45, 2.75) is 22.8 Å². The minimum atomic E-state index is 0.415. The molecule has 0 aliphatic rings. The first-order valence-corrected chi connectivity index (χ1v) is 5.16. The highest BCUT2D eigenvalue weighted by Crippen LogP contribution is 2.28. The molecular weight excluding hydrogens is 174 g/mol. The van der Waals surface area contributed by atoms with Crippen LogP contribution in [0.1, 0.15) is 13.3 Å². The van der Waals surface area contributed by atoms with Crippen molar-refractivity contribution < 1.29 is 0 Å². The minimum absolute atomic E-state index is 0.415. The number of thiophene rings is 1. The van der Waals surface area contributed by atoms with Crippen LogP contribution >= 0.6 is 23.1 Å². The highest BCUT2D eigenvalue weighted by molar-refractivity contribution is 8.01. The topological polar surface area (TPSA) is 23.8 Å². The predicted octanol–water partition coefficient (Wildman–Crippen LogP) is 3.14. The lowest BCUT2D eigenvalue weighted by Crippen LogP contribution is -1.91. The maximum atomic E-state index is 8.41. The predicted molar refractivity (Wildman–Crippen MR) is 49.9 cm³/mol. The molecule has 1 aromatic rings. The lowest BCUT2D eigenvalue weighted by Gasteiger charge is -2.02. The Hall–Kier alpha value is -0.460. The fourth-order valence-corrected chi connectivity index (χ4v) is 2.74. The fraction of sp³-hybridized carbons (Fsp3) is 0.375. The van der Waals surface area contributed by atoms with E-state index in [4.69, 9.17) is 5.26 Å². The van der Waals surface area contributed by atoms with Gasteiger partial charge < -0.3 is 0 Å². The van der Waals surface area contributed by atoms with Gasteiger partial charge in [0.25, 0.3) is 0 Å². The second-order valence-electron chi connectivity index (χ2n) is 2.22. The summed E-state index contributed by atoms with van der Waals surface area (Å²) in [6, 6.07) is 6.28. The first-order valence-electron chi connectivity index (χ1n) is 3.40. The highest BCUT2D eigenvalue weighted by Gasteiger charge is 2.03. The average Bonchev–Trinajstić information content (AvgIpc) is 2.40. The molecular formula is C8H9NS2. The van der Waals surface area contributed by atoms with Crippen molar-refractivity contribution >= 4 is 23.1 Å². The van der Waals surface area contributed by atoms with Gasteiger partial charge in [0.15, 0.2) is 0 Å². The molecule has 0 aliphatic carbocycles. The number of nitrogens with zero attached hydrogens (tertiary/aromatic N) is 1. The van der Waals surface area contributed by atoms with Crippen LogP contribution in [0.25, 0.3) is 0 Å². The summed E-state index contributed by atoms with van der Waals surface area (Å²) in [6.07, 6.45) is 0.628. The van der Waals surface area contributed by atoms with E-state index in [0.717, 1.165) is 0 Å². The molecule has 1 heterocycles.